The largest absolute Gasteiger partial charge is 0.493 e. The van der Waals surface area contributed by atoms with Crippen molar-refractivity contribution in [1.29, 1.82) is 0 Å². The van der Waals surface area contributed by atoms with Crippen LogP contribution in [-0.2, 0) is 9.53 Å². The van der Waals surface area contributed by atoms with E-state index in [0.717, 1.165) is 41.7 Å². The molecule has 0 spiro atoms. The third-order valence-electron chi connectivity index (χ3n) is 3.76. The molecule has 1 heterocycles. The summed E-state index contributed by atoms with van der Waals surface area (Å²) in [6.45, 7) is 2.30. The Balaban J connectivity index is 1.81. The number of carbonyl (C=O) groups excluding carboxylic acids is 1. The van der Waals surface area contributed by atoms with Crippen molar-refractivity contribution in [3.63, 3.8) is 0 Å². The summed E-state index contributed by atoms with van der Waals surface area (Å²) in [7, 11) is 1.56. The van der Waals surface area contributed by atoms with Crippen LogP contribution in [0.25, 0.3) is 11.0 Å². The zero-order chi connectivity index (χ0) is 18.1. The van der Waals surface area contributed by atoms with Gasteiger partial charge in [0.15, 0.2) is 11.3 Å². The number of benzene rings is 1. The van der Waals surface area contributed by atoms with Gasteiger partial charge in [0.2, 0.25) is 0 Å². The maximum atomic E-state index is 11.8. The number of methoxy groups -OCH3 is 1. The van der Waals surface area contributed by atoms with Crippen molar-refractivity contribution in [2.24, 2.45) is 0 Å². The zero-order valence-corrected chi connectivity index (χ0v) is 15.5. The predicted molar refractivity (Wildman–Crippen MR) is 99.5 cm³/mol. The SMILES string of the molecule is CCC(=O)OCCCCCCSc1cc(=O)oc2c(OC)cccc12. The van der Waals surface area contributed by atoms with E-state index in [9.17, 15) is 9.59 Å². The Morgan fingerprint density at radius 2 is 2.00 bits per heavy atom. The van der Waals surface area contributed by atoms with Crippen LogP contribution in [0.3, 0.4) is 0 Å². The van der Waals surface area contributed by atoms with Crippen LogP contribution in [0, 0.1) is 0 Å². The van der Waals surface area contributed by atoms with Crippen molar-refractivity contribution in [3.05, 3.63) is 34.7 Å². The zero-order valence-electron chi connectivity index (χ0n) is 14.7. The molecular weight excluding hydrogens is 340 g/mol. The molecule has 0 radical (unpaired) electrons. The van der Waals surface area contributed by atoms with Gasteiger partial charge in [0.05, 0.1) is 13.7 Å². The second-order valence-electron chi connectivity index (χ2n) is 5.60. The number of rotatable bonds is 10. The molecule has 0 amide bonds. The molecule has 0 saturated heterocycles. The van der Waals surface area contributed by atoms with E-state index in [1.807, 2.05) is 12.1 Å². The molecule has 0 atom stereocenters. The van der Waals surface area contributed by atoms with Gasteiger partial charge < -0.3 is 13.9 Å². The van der Waals surface area contributed by atoms with Gasteiger partial charge in [0.25, 0.3) is 0 Å². The number of ether oxygens (including phenoxy) is 2. The second kappa shape index (κ2) is 10.1. The lowest BCUT2D eigenvalue weighted by Gasteiger charge is -2.08. The van der Waals surface area contributed by atoms with Gasteiger partial charge in [-0.05, 0) is 30.7 Å². The van der Waals surface area contributed by atoms with Crippen molar-refractivity contribution >= 4 is 28.7 Å². The molecule has 0 aliphatic heterocycles. The molecule has 25 heavy (non-hydrogen) atoms. The van der Waals surface area contributed by atoms with Crippen LogP contribution >= 0.6 is 11.8 Å². The molecule has 0 N–H and O–H groups in total. The third-order valence-corrected chi connectivity index (χ3v) is 4.91. The summed E-state index contributed by atoms with van der Waals surface area (Å²) >= 11 is 1.65. The molecule has 0 fully saturated rings. The standard InChI is InChI=1S/C19H24O5S/c1-3-17(20)23-11-6-4-5-7-12-25-16-13-18(21)24-19-14(16)9-8-10-15(19)22-2/h8-10,13H,3-7,11-12H2,1-2H3. The van der Waals surface area contributed by atoms with Gasteiger partial charge in [-0.15, -0.1) is 11.8 Å². The summed E-state index contributed by atoms with van der Waals surface area (Å²) in [5, 5.41) is 0.899. The minimum atomic E-state index is -0.364. The van der Waals surface area contributed by atoms with Crippen molar-refractivity contribution in [1.82, 2.24) is 0 Å². The predicted octanol–water partition coefficient (Wildman–Crippen LogP) is 4.41. The number of para-hydroxylation sites is 1. The Hall–Kier alpha value is -1.95. The van der Waals surface area contributed by atoms with E-state index in [1.165, 1.54) is 6.07 Å². The van der Waals surface area contributed by atoms with Gasteiger partial charge in [0.1, 0.15) is 0 Å². The molecule has 2 aromatic rings. The second-order valence-corrected chi connectivity index (χ2v) is 6.74. The topological polar surface area (TPSA) is 65.7 Å². The average Bonchev–Trinajstić information content (AvgIpc) is 2.62. The molecule has 136 valence electrons. The lowest BCUT2D eigenvalue weighted by atomic mass is 10.2. The fraction of sp³-hybridized carbons (Fsp3) is 0.474. The van der Waals surface area contributed by atoms with E-state index < -0.39 is 0 Å². The summed E-state index contributed by atoms with van der Waals surface area (Å²) in [5.41, 5.74) is 0.134. The molecule has 1 aromatic carbocycles. The summed E-state index contributed by atoms with van der Waals surface area (Å²) in [5.74, 6) is 1.35. The quantitative estimate of drug-likeness (QED) is 0.269. The van der Waals surface area contributed by atoms with Crippen molar-refractivity contribution in [3.8, 4) is 5.75 Å². The summed E-state index contributed by atoms with van der Waals surface area (Å²) < 4.78 is 15.6. The first-order chi connectivity index (χ1) is 12.2. The van der Waals surface area contributed by atoms with E-state index in [2.05, 4.69) is 0 Å². The minimum absolute atomic E-state index is 0.138. The van der Waals surface area contributed by atoms with Crippen LogP contribution in [0.15, 0.2) is 38.4 Å². The molecular formula is C19H24O5S. The lowest BCUT2D eigenvalue weighted by Crippen LogP contribution is -2.03. The highest BCUT2D eigenvalue weighted by molar-refractivity contribution is 7.99. The number of fused-ring (bicyclic) bond motifs is 1. The fourth-order valence-corrected chi connectivity index (χ4v) is 3.50. The third kappa shape index (κ3) is 5.81. The Morgan fingerprint density at radius 3 is 2.76 bits per heavy atom. The molecule has 6 heteroatoms. The highest BCUT2D eigenvalue weighted by Crippen LogP contribution is 2.32. The monoisotopic (exact) mass is 364 g/mol. The molecule has 0 unspecified atom stereocenters. The normalized spacial score (nSPS) is 10.8. The van der Waals surface area contributed by atoms with Crippen molar-refractivity contribution < 1.29 is 18.7 Å². The molecule has 0 aliphatic rings. The average molecular weight is 364 g/mol. The van der Waals surface area contributed by atoms with E-state index in [0.29, 0.717) is 24.4 Å². The molecule has 2 rings (SSSR count). The van der Waals surface area contributed by atoms with Crippen LogP contribution in [0.5, 0.6) is 5.75 Å². The number of hydrogen-bond donors (Lipinski definition) is 0. The Labute approximate surface area is 151 Å². The Bertz CT molecular complexity index is 753. The Morgan fingerprint density at radius 1 is 1.20 bits per heavy atom. The molecule has 1 aromatic heterocycles. The van der Waals surface area contributed by atoms with Crippen molar-refractivity contribution in [2.75, 3.05) is 19.5 Å². The summed E-state index contributed by atoms with van der Waals surface area (Å²) in [6.07, 6.45) is 4.46. The van der Waals surface area contributed by atoms with Gasteiger partial charge in [-0.3, -0.25) is 4.79 Å². The van der Waals surface area contributed by atoms with Crippen LogP contribution in [-0.4, -0.2) is 25.4 Å². The lowest BCUT2D eigenvalue weighted by molar-refractivity contribution is -0.143. The molecule has 0 bridgehead atoms. The fourth-order valence-electron chi connectivity index (χ4n) is 2.44. The van der Waals surface area contributed by atoms with Crippen LogP contribution < -0.4 is 10.4 Å². The minimum Gasteiger partial charge on any atom is -0.493 e. The summed E-state index contributed by atoms with van der Waals surface area (Å²) in [4.78, 5) is 23.7. The molecule has 0 aliphatic carbocycles. The number of esters is 1. The van der Waals surface area contributed by atoms with Gasteiger partial charge >= 0.3 is 11.6 Å². The van der Waals surface area contributed by atoms with Gasteiger partial charge in [0, 0.05) is 22.8 Å². The van der Waals surface area contributed by atoms with Crippen LogP contribution in [0.1, 0.15) is 39.0 Å². The number of carbonyl (C=O) groups is 1. The maximum absolute atomic E-state index is 11.8. The smallest absolute Gasteiger partial charge is 0.337 e. The molecule has 0 saturated carbocycles. The molecule has 5 nitrogen and oxygen atoms in total. The first-order valence-electron chi connectivity index (χ1n) is 8.55. The highest BCUT2D eigenvalue weighted by atomic mass is 32.2. The maximum Gasteiger partial charge on any atom is 0.337 e. The van der Waals surface area contributed by atoms with E-state index in [-0.39, 0.29) is 11.6 Å². The number of thioether (sulfide) groups is 1. The first-order valence-corrected chi connectivity index (χ1v) is 9.53. The van der Waals surface area contributed by atoms with Gasteiger partial charge in [-0.1, -0.05) is 25.8 Å². The van der Waals surface area contributed by atoms with E-state index >= 15 is 0 Å². The summed E-state index contributed by atoms with van der Waals surface area (Å²) in [6, 6.07) is 7.15. The number of hydrogen-bond acceptors (Lipinski definition) is 6. The van der Waals surface area contributed by atoms with Gasteiger partial charge in [-0.25, -0.2) is 4.79 Å². The van der Waals surface area contributed by atoms with Crippen molar-refractivity contribution in [2.45, 2.75) is 43.9 Å². The number of unbranched alkanes of at least 4 members (excludes halogenated alkanes) is 3. The highest BCUT2D eigenvalue weighted by Gasteiger charge is 2.10. The van der Waals surface area contributed by atoms with Crippen LogP contribution in [0.4, 0.5) is 0 Å². The first kappa shape index (κ1) is 19.4. The van der Waals surface area contributed by atoms with Crippen LogP contribution in [0.2, 0.25) is 0 Å². The van der Waals surface area contributed by atoms with Gasteiger partial charge in [-0.2, -0.15) is 0 Å². The Kier molecular flexibility index (Phi) is 7.85. The van der Waals surface area contributed by atoms with E-state index in [1.54, 1.807) is 31.9 Å². The van der Waals surface area contributed by atoms with E-state index in [4.69, 9.17) is 13.9 Å².